The molecule has 0 saturated heterocycles. The van der Waals surface area contributed by atoms with Gasteiger partial charge in [0.2, 0.25) is 0 Å². The van der Waals surface area contributed by atoms with E-state index in [1.54, 1.807) is 0 Å². The topological polar surface area (TPSA) is 4.93 Å². The van der Waals surface area contributed by atoms with Crippen LogP contribution in [0.25, 0.3) is 10.9 Å². The highest BCUT2D eigenvalue weighted by Gasteiger charge is 2.45. The Morgan fingerprint density at radius 3 is 1.90 bits per heavy atom. The van der Waals surface area contributed by atoms with Gasteiger partial charge in [0.25, 0.3) is 0 Å². The molecule has 2 aromatic rings. The van der Waals surface area contributed by atoms with Gasteiger partial charge in [0.15, 0.2) is 8.24 Å². The van der Waals surface area contributed by atoms with Gasteiger partial charge in [-0.3, -0.25) is 0 Å². The van der Waals surface area contributed by atoms with E-state index >= 15 is 0 Å². The van der Waals surface area contributed by atoms with Crippen LogP contribution < -0.4 is 0 Å². The van der Waals surface area contributed by atoms with Gasteiger partial charge < -0.3 is 4.23 Å². The summed E-state index contributed by atoms with van der Waals surface area (Å²) in [5.74, 6) is 0. The summed E-state index contributed by atoms with van der Waals surface area (Å²) in [6.45, 7) is 16.7. The van der Waals surface area contributed by atoms with Crippen molar-refractivity contribution in [3.8, 4) is 0 Å². The predicted molar refractivity (Wildman–Crippen MR) is 93.1 cm³/mol. The maximum atomic E-state index is 2.68. The Bertz CT molecular complexity index is 571. The van der Waals surface area contributed by atoms with Gasteiger partial charge >= 0.3 is 0 Å². The molecule has 1 heterocycles. The van der Waals surface area contributed by atoms with E-state index in [0.717, 1.165) is 16.6 Å². The molecule has 110 valence electrons. The average molecular weight is 288 g/mol. The van der Waals surface area contributed by atoms with E-state index in [1.807, 2.05) is 0 Å². The Balaban J connectivity index is 2.75. The molecule has 0 N–H and O–H groups in total. The third-order valence-corrected chi connectivity index (χ3v) is 11.8. The maximum absolute atomic E-state index is 2.68. The zero-order valence-electron chi connectivity index (χ0n) is 14.1. The molecule has 0 saturated carbocycles. The second-order valence-electron chi connectivity index (χ2n) is 7.10. The third-order valence-electron chi connectivity index (χ3n) is 5.04. The van der Waals surface area contributed by atoms with Crippen LogP contribution in [0.5, 0.6) is 0 Å². The van der Waals surface area contributed by atoms with Crippen LogP contribution in [0.2, 0.25) is 16.6 Å². The Labute approximate surface area is 125 Å². The van der Waals surface area contributed by atoms with Gasteiger partial charge in [-0.1, -0.05) is 53.2 Å². The standard InChI is InChI=1S/C18H29NSi/c1-13(2)20(14(3)4,15(5)6)19-11-10-17-12-16(7)8-9-18(17)19/h8-15H,1-7H3. The molecule has 0 amide bonds. The van der Waals surface area contributed by atoms with Crippen molar-refractivity contribution in [3.05, 3.63) is 36.0 Å². The predicted octanol–water partition coefficient (Wildman–Crippen LogP) is 5.97. The number of hydrogen-bond acceptors (Lipinski definition) is 0. The van der Waals surface area contributed by atoms with Crippen molar-refractivity contribution in [2.24, 2.45) is 0 Å². The maximum Gasteiger partial charge on any atom is 0.169 e. The molecule has 20 heavy (non-hydrogen) atoms. The summed E-state index contributed by atoms with van der Waals surface area (Å²) >= 11 is 0. The minimum atomic E-state index is -1.62. The molecule has 0 aliphatic heterocycles. The van der Waals surface area contributed by atoms with Gasteiger partial charge in [-0.05, 0) is 53.3 Å². The number of benzene rings is 1. The number of nitrogens with zero attached hydrogens (tertiary/aromatic N) is 1. The normalized spacial score (nSPS) is 13.1. The lowest BCUT2D eigenvalue weighted by molar-refractivity contribution is 0.773. The van der Waals surface area contributed by atoms with E-state index in [4.69, 9.17) is 0 Å². The van der Waals surface area contributed by atoms with Crippen LogP contribution in [0.3, 0.4) is 0 Å². The van der Waals surface area contributed by atoms with E-state index in [1.165, 1.54) is 16.5 Å². The lowest BCUT2D eigenvalue weighted by Crippen LogP contribution is -2.51. The molecule has 0 fully saturated rings. The molecule has 1 aromatic carbocycles. The largest absolute Gasteiger partial charge is 0.373 e. The zero-order valence-corrected chi connectivity index (χ0v) is 15.1. The SMILES string of the molecule is Cc1ccc2c(ccn2[Si](C(C)C)(C(C)C)C(C)C)c1. The van der Waals surface area contributed by atoms with Crippen LogP contribution in [0, 0.1) is 6.92 Å². The second kappa shape index (κ2) is 5.40. The fraction of sp³-hybridized carbons (Fsp3) is 0.556. The Hall–Kier alpha value is -1.02. The molecule has 0 radical (unpaired) electrons. The average Bonchev–Trinajstić information content (AvgIpc) is 2.72. The molecule has 0 spiro atoms. The van der Waals surface area contributed by atoms with Crippen molar-refractivity contribution < 1.29 is 0 Å². The molecule has 0 aliphatic carbocycles. The highest BCUT2D eigenvalue weighted by molar-refractivity contribution is 6.82. The first-order chi connectivity index (χ1) is 9.31. The van der Waals surface area contributed by atoms with Crippen LogP contribution in [0.15, 0.2) is 30.5 Å². The Morgan fingerprint density at radius 1 is 0.850 bits per heavy atom. The zero-order chi connectivity index (χ0) is 15.1. The molecule has 0 unspecified atom stereocenters. The highest BCUT2D eigenvalue weighted by Crippen LogP contribution is 2.44. The van der Waals surface area contributed by atoms with E-state index < -0.39 is 8.24 Å². The first-order valence-electron chi connectivity index (χ1n) is 7.90. The molecular formula is C18H29NSi. The van der Waals surface area contributed by atoms with Crippen LogP contribution >= 0.6 is 0 Å². The fourth-order valence-electron chi connectivity index (χ4n) is 4.43. The lowest BCUT2D eigenvalue weighted by atomic mass is 10.2. The Kier molecular flexibility index (Phi) is 4.15. The quantitative estimate of drug-likeness (QED) is 0.610. The number of aromatic nitrogens is 1. The summed E-state index contributed by atoms with van der Waals surface area (Å²) < 4.78 is 2.68. The molecule has 1 aromatic heterocycles. The fourth-order valence-corrected chi connectivity index (χ4v) is 11.1. The minimum absolute atomic E-state index is 0.736. The lowest BCUT2D eigenvalue weighted by Gasteiger charge is -2.44. The second-order valence-corrected chi connectivity index (χ2v) is 12.8. The Morgan fingerprint density at radius 2 is 1.40 bits per heavy atom. The van der Waals surface area contributed by atoms with Gasteiger partial charge in [0.1, 0.15) is 0 Å². The minimum Gasteiger partial charge on any atom is -0.373 e. The number of hydrogen-bond donors (Lipinski definition) is 0. The first kappa shape index (κ1) is 15.4. The monoisotopic (exact) mass is 287 g/mol. The van der Waals surface area contributed by atoms with Crippen LogP contribution in [-0.2, 0) is 0 Å². The summed E-state index contributed by atoms with van der Waals surface area (Å²) in [5, 5.41) is 1.39. The van der Waals surface area contributed by atoms with Crippen molar-refractivity contribution >= 4 is 19.1 Å². The van der Waals surface area contributed by atoms with Gasteiger partial charge in [-0.15, -0.1) is 0 Å². The van der Waals surface area contributed by atoms with Crippen molar-refractivity contribution in [3.63, 3.8) is 0 Å². The molecule has 2 rings (SSSR count). The number of fused-ring (bicyclic) bond motifs is 1. The van der Waals surface area contributed by atoms with Crippen LogP contribution in [0.4, 0.5) is 0 Å². The van der Waals surface area contributed by atoms with Crippen LogP contribution in [0.1, 0.15) is 47.1 Å². The van der Waals surface area contributed by atoms with Crippen molar-refractivity contribution in [1.82, 2.24) is 4.23 Å². The molecule has 0 aliphatic rings. The highest BCUT2D eigenvalue weighted by atomic mass is 28.3. The van der Waals surface area contributed by atoms with Crippen molar-refractivity contribution in [2.45, 2.75) is 65.1 Å². The summed E-state index contributed by atoms with van der Waals surface area (Å²) in [4.78, 5) is 0. The van der Waals surface area contributed by atoms with E-state index in [-0.39, 0.29) is 0 Å². The summed E-state index contributed by atoms with van der Waals surface area (Å²) in [6.07, 6.45) is 2.36. The van der Waals surface area contributed by atoms with Crippen molar-refractivity contribution in [1.29, 1.82) is 0 Å². The van der Waals surface area contributed by atoms with E-state index in [9.17, 15) is 0 Å². The van der Waals surface area contributed by atoms with E-state index in [2.05, 4.69) is 83.2 Å². The van der Waals surface area contributed by atoms with E-state index in [0.29, 0.717) is 0 Å². The smallest absolute Gasteiger partial charge is 0.169 e. The molecule has 2 heteroatoms. The summed E-state index contributed by atoms with van der Waals surface area (Å²) in [6, 6.07) is 9.18. The van der Waals surface area contributed by atoms with Gasteiger partial charge in [0.05, 0.1) is 0 Å². The third kappa shape index (κ3) is 2.14. The number of rotatable bonds is 4. The van der Waals surface area contributed by atoms with Crippen LogP contribution in [-0.4, -0.2) is 12.5 Å². The molecule has 1 nitrogen and oxygen atoms in total. The van der Waals surface area contributed by atoms with Gasteiger partial charge in [0, 0.05) is 5.52 Å². The number of aryl methyl sites for hydroxylation is 1. The van der Waals surface area contributed by atoms with Crippen molar-refractivity contribution in [2.75, 3.05) is 0 Å². The molecule has 0 bridgehead atoms. The summed E-state index contributed by atoms with van der Waals surface area (Å²) in [7, 11) is -1.62. The van der Waals surface area contributed by atoms with Gasteiger partial charge in [-0.2, -0.15) is 0 Å². The summed E-state index contributed by atoms with van der Waals surface area (Å²) in [5.41, 5.74) is 4.98. The van der Waals surface area contributed by atoms with Gasteiger partial charge in [-0.25, -0.2) is 0 Å². The molecule has 0 atom stereocenters. The molecular weight excluding hydrogens is 258 g/mol. The first-order valence-corrected chi connectivity index (χ1v) is 10.1.